The lowest BCUT2D eigenvalue weighted by atomic mass is 10.3. The van der Waals surface area contributed by atoms with E-state index < -0.39 is 10.0 Å². The molecule has 1 heterocycles. The predicted molar refractivity (Wildman–Crippen MR) is 68.9 cm³/mol. The topological polar surface area (TPSA) is 63.4 Å². The minimum absolute atomic E-state index is 0.0445. The minimum Gasteiger partial charge on any atom is -0.399 e. The Bertz CT molecular complexity index is 516. The van der Waals surface area contributed by atoms with Crippen LogP contribution < -0.4 is 5.73 Å². The minimum atomic E-state index is -3.60. The van der Waals surface area contributed by atoms with Gasteiger partial charge < -0.3 is 5.73 Å². The number of nitrogens with zero attached hydrogens (tertiary/aromatic N) is 1. The van der Waals surface area contributed by atoms with Crippen LogP contribution in [0.15, 0.2) is 17.0 Å². The van der Waals surface area contributed by atoms with Crippen molar-refractivity contribution in [3.05, 3.63) is 22.2 Å². The van der Waals surface area contributed by atoms with Gasteiger partial charge >= 0.3 is 0 Å². The molecule has 0 saturated carbocycles. The van der Waals surface area contributed by atoms with E-state index in [-0.39, 0.29) is 14.9 Å². The van der Waals surface area contributed by atoms with Crippen LogP contribution >= 0.6 is 23.2 Å². The van der Waals surface area contributed by atoms with E-state index in [1.807, 2.05) is 0 Å². The van der Waals surface area contributed by atoms with Crippen LogP contribution in [0.4, 0.5) is 5.69 Å². The highest BCUT2D eigenvalue weighted by atomic mass is 35.5. The largest absolute Gasteiger partial charge is 0.399 e. The van der Waals surface area contributed by atoms with E-state index in [2.05, 4.69) is 0 Å². The van der Waals surface area contributed by atoms with Gasteiger partial charge in [-0.1, -0.05) is 23.2 Å². The van der Waals surface area contributed by atoms with Crippen LogP contribution in [0.25, 0.3) is 0 Å². The summed E-state index contributed by atoms with van der Waals surface area (Å²) in [5.41, 5.74) is 5.90. The van der Waals surface area contributed by atoms with E-state index in [0.29, 0.717) is 18.8 Å². The number of nitrogen functional groups attached to an aromatic ring is 1. The molecular weight excluding hydrogens is 283 g/mol. The third kappa shape index (κ3) is 2.38. The standard InChI is InChI=1S/C10H12Cl2N2O2S/c11-8-5-7(13)6-9(12)10(8)17(15,16)14-3-1-2-4-14/h5-6H,1-4,13H2. The second-order valence-corrected chi connectivity index (χ2v) is 6.61. The molecule has 1 aliphatic rings. The fourth-order valence-electron chi connectivity index (χ4n) is 1.88. The monoisotopic (exact) mass is 294 g/mol. The first-order chi connectivity index (χ1) is 7.93. The molecule has 4 nitrogen and oxygen atoms in total. The van der Waals surface area contributed by atoms with Crippen LogP contribution in [0, 0.1) is 0 Å². The maximum Gasteiger partial charge on any atom is 0.246 e. The summed E-state index contributed by atoms with van der Waals surface area (Å²) in [5, 5.41) is 0.142. The van der Waals surface area contributed by atoms with Gasteiger partial charge in [-0.05, 0) is 25.0 Å². The average molecular weight is 295 g/mol. The van der Waals surface area contributed by atoms with Crippen LogP contribution in [0.2, 0.25) is 10.0 Å². The molecule has 17 heavy (non-hydrogen) atoms. The van der Waals surface area contributed by atoms with Gasteiger partial charge in [-0.2, -0.15) is 4.31 Å². The van der Waals surface area contributed by atoms with Gasteiger partial charge in [0.15, 0.2) is 0 Å². The van der Waals surface area contributed by atoms with Gasteiger partial charge in [0.05, 0.1) is 10.0 Å². The van der Waals surface area contributed by atoms with Crippen molar-refractivity contribution in [1.29, 1.82) is 0 Å². The summed E-state index contributed by atoms with van der Waals surface area (Å²) in [7, 11) is -3.60. The van der Waals surface area contributed by atoms with Crippen molar-refractivity contribution in [1.82, 2.24) is 4.31 Å². The van der Waals surface area contributed by atoms with Crippen LogP contribution in [0.3, 0.4) is 0 Å². The maximum absolute atomic E-state index is 12.3. The Labute approximate surface area is 110 Å². The van der Waals surface area contributed by atoms with Crippen LogP contribution in [-0.4, -0.2) is 25.8 Å². The molecule has 7 heteroatoms. The second-order valence-electron chi connectivity index (χ2n) is 3.92. The first-order valence-electron chi connectivity index (χ1n) is 5.17. The highest BCUT2D eigenvalue weighted by Gasteiger charge is 2.31. The Morgan fingerprint density at radius 3 is 2.06 bits per heavy atom. The van der Waals surface area contributed by atoms with Gasteiger partial charge in [-0.15, -0.1) is 0 Å². The maximum atomic E-state index is 12.3. The molecule has 0 atom stereocenters. The van der Waals surface area contributed by atoms with E-state index in [1.54, 1.807) is 0 Å². The zero-order valence-corrected chi connectivity index (χ0v) is 11.3. The molecule has 0 amide bonds. The van der Waals surface area contributed by atoms with E-state index in [0.717, 1.165) is 12.8 Å². The number of anilines is 1. The first kappa shape index (κ1) is 13.0. The third-order valence-corrected chi connectivity index (χ3v) is 5.50. The number of rotatable bonds is 2. The van der Waals surface area contributed by atoms with Gasteiger partial charge in [0, 0.05) is 18.8 Å². The van der Waals surface area contributed by atoms with Crippen molar-refractivity contribution in [2.24, 2.45) is 0 Å². The first-order valence-corrected chi connectivity index (χ1v) is 7.37. The van der Waals surface area contributed by atoms with Crippen molar-refractivity contribution in [2.45, 2.75) is 17.7 Å². The summed E-state index contributed by atoms with van der Waals surface area (Å²) in [6.45, 7) is 1.03. The van der Waals surface area contributed by atoms with Gasteiger partial charge in [0.1, 0.15) is 4.90 Å². The molecule has 0 aromatic heterocycles. The Morgan fingerprint density at radius 2 is 1.59 bits per heavy atom. The Balaban J connectivity index is 2.53. The van der Waals surface area contributed by atoms with E-state index in [4.69, 9.17) is 28.9 Å². The molecule has 0 aliphatic carbocycles. The Kier molecular flexibility index (Phi) is 3.54. The summed E-state index contributed by atoms with van der Waals surface area (Å²) >= 11 is 11.9. The summed E-state index contributed by atoms with van der Waals surface area (Å²) in [5.74, 6) is 0. The van der Waals surface area contributed by atoms with E-state index in [1.165, 1.54) is 16.4 Å². The highest BCUT2D eigenvalue weighted by Crippen LogP contribution is 2.34. The molecule has 94 valence electrons. The molecule has 0 radical (unpaired) electrons. The van der Waals surface area contributed by atoms with Crippen LogP contribution in [-0.2, 0) is 10.0 Å². The molecule has 1 saturated heterocycles. The van der Waals surface area contributed by atoms with Crippen LogP contribution in [0.1, 0.15) is 12.8 Å². The molecule has 0 spiro atoms. The lowest BCUT2D eigenvalue weighted by Crippen LogP contribution is -2.28. The molecule has 1 aromatic carbocycles. The number of hydrogen-bond donors (Lipinski definition) is 1. The van der Waals surface area contributed by atoms with Crippen molar-refractivity contribution in [3.8, 4) is 0 Å². The van der Waals surface area contributed by atoms with E-state index >= 15 is 0 Å². The average Bonchev–Trinajstić information content (AvgIpc) is 2.67. The molecule has 2 N–H and O–H groups in total. The van der Waals surface area contributed by atoms with Gasteiger partial charge in [0.25, 0.3) is 0 Å². The number of halogens is 2. The Morgan fingerprint density at radius 1 is 1.12 bits per heavy atom. The summed E-state index contributed by atoms with van der Waals surface area (Å²) in [6.07, 6.45) is 1.73. The summed E-state index contributed by atoms with van der Waals surface area (Å²) < 4.78 is 26.0. The zero-order chi connectivity index (χ0) is 12.6. The SMILES string of the molecule is Nc1cc(Cl)c(S(=O)(=O)N2CCCC2)c(Cl)c1. The molecule has 1 aliphatic heterocycles. The number of nitrogens with two attached hydrogens (primary N) is 1. The lowest BCUT2D eigenvalue weighted by molar-refractivity contribution is 0.477. The molecule has 0 unspecified atom stereocenters. The van der Waals surface area contributed by atoms with Crippen LogP contribution in [0.5, 0.6) is 0 Å². The molecule has 1 fully saturated rings. The van der Waals surface area contributed by atoms with Crippen molar-refractivity contribution < 1.29 is 8.42 Å². The smallest absolute Gasteiger partial charge is 0.246 e. The zero-order valence-electron chi connectivity index (χ0n) is 8.99. The Hall–Kier alpha value is -0.490. The molecule has 0 bridgehead atoms. The number of benzene rings is 1. The fraction of sp³-hybridized carbons (Fsp3) is 0.400. The van der Waals surface area contributed by atoms with Gasteiger partial charge in [-0.3, -0.25) is 0 Å². The number of hydrogen-bond acceptors (Lipinski definition) is 3. The second kappa shape index (κ2) is 4.65. The van der Waals surface area contributed by atoms with Gasteiger partial charge in [-0.25, -0.2) is 8.42 Å². The molecular formula is C10H12Cl2N2O2S. The molecule has 2 rings (SSSR count). The van der Waals surface area contributed by atoms with Crippen molar-refractivity contribution in [3.63, 3.8) is 0 Å². The van der Waals surface area contributed by atoms with Gasteiger partial charge in [0.2, 0.25) is 10.0 Å². The fourth-order valence-corrected chi connectivity index (χ4v) is 4.58. The van der Waals surface area contributed by atoms with Crippen molar-refractivity contribution >= 4 is 38.9 Å². The predicted octanol–water partition coefficient (Wildman–Crippen LogP) is 2.36. The normalized spacial score (nSPS) is 17.5. The molecule has 1 aromatic rings. The summed E-state index contributed by atoms with van der Waals surface area (Å²) in [4.78, 5) is -0.0445. The summed E-state index contributed by atoms with van der Waals surface area (Å²) in [6, 6.07) is 2.80. The highest BCUT2D eigenvalue weighted by molar-refractivity contribution is 7.89. The quantitative estimate of drug-likeness (QED) is 0.852. The third-order valence-electron chi connectivity index (χ3n) is 2.68. The van der Waals surface area contributed by atoms with Crippen molar-refractivity contribution in [2.75, 3.05) is 18.8 Å². The van der Waals surface area contributed by atoms with E-state index in [9.17, 15) is 8.42 Å². The number of sulfonamides is 1. The lowest BCUT2D eigenvalue weighted by Gasteiger charge is -2.17.